The van der Waals surface area contributed by atoms with Crippen molar-refractivity contribution in [3.05, 3.63) is 58.6 Å². The number of carbonyl (C=O) groups excluding carboxylic acids is 1. The van der Waals surface area contributed by atoms with Gasteiger partial charge in [-0.3, -0.25) is 4.79 Å². The van der Waals surface area contributed by atoms with Crippen LogP contribution in [-0.2, 0) is 17.0 Å². The molecule has 0 aliphatic carbocycles. The summed E-state index contributed by atoms with van der Waals surface area (Å²) in [6.07, 6.45) is 1.13. The zero-order valence-corrected chi connectivity index (χ0v) is 16.7. The lowest BCUT2D eigenvalue weighted by Crippen LogP contribution is -2.25. The molecule has 0 unspecified atom stereocenters. The van der Waals surface area contributed by atoms with Gasteiger partial charge < -0.3 is 14.8 Å². The van der Waals surface area contributed by atoms with Gasteiger partial charge >= 0.3 is 0 Å². The van der Waals surface area contributed by atoms with Gasteiger partial charge in [-0.2, -0.15) is 11.8 Å². The Labute approximate surface area is 164 Å². The predicted molar refractivity (Wildman–Crippen MR) is 108 cm³/mol. The largest absolute Gasteiger partial charge is 0.493 e. The van der Waals surface area contributed by atoms with E-state index < -0.39 is 0 Å². The highest BCUT2D eigenvalue weighted by Gasteiger charge is 2.07. The van der Waals surface area contributed by atoms with E-state index in [1.807, 2.05) is 42.5 Å². The number of nitrogens with one attached hydrogen (secondary N) is 1. The van der Waals surface area contributed by atoms with Crippen LogP contribution in [0.3, 0.4) is 0 Å². The number of carbonyl (C=O) groups is 1. The third kappa shape index (κ3) is 6.81. The van der Waals surface area contributed by atoms with Crippen molar-refractivity contribution in [3.63, 3.8) is 0 Å². The molecule has 0 heterocycles. The van der Waals surface area contributed by atoms with E-state index >= 15 is 0 Å². The lowest BCUT2D eigenvalue weighted by molar-refractivity contribution is -0.120. The van der Waals surface area contributed by atoms with E-state index in [2.05, 4.69) is 5.32 Å². The molecular formula is C20H24ClNO3S. The Morgan fingerprint density at radius 1 is 1.04 bits per heavy atom. The second-order valence-electron chi connectivity index (χ2n) is 5.72. The molecule has 1 N–H and O–H groups in total. The molecule has 0 fully saturated rings. The summed E-state index contributed by atoms with van der Waals surface area (Å²) in [5.74, 6) is 3.23. The van der Waals surface area contributed by atoms with E-state index in [1.54, 1.807) is 26.0 Å². The highest BCUT2D eigenvalue weighted by atomic mass is 35.5. The molecule has 140 valence electrons. The van der Waals surface area contributed by atoms with Gasteiger partial charge in [0.05, 0.1) is 14.2 Å². The topological polar surface area (TPSA) is 47.6 Å². The molecule has 0 saturated carbocycles. The molecule has 0 saturated heterocycles. The maximum absolute atomic E-state index is 12.0. The summed E-state index contributed by atoms with van der Waals surface area (Å²) in [5, 5.41) is 3.71. The number of hydrogen-bond donors (Lipinski definition) is 1. The summed E-state index contributed by atoms with van der Waals surface area (Å²) in [7, 11) is 3.21. The summed E-state index contributed by atoms with van der Waals surface area (Å²) < 4.78 is 10.5. The Hall–Kier alpha value is -1.85. The minimum atomic E-state index is 0.0619. The van der Waals surface area contributed by atoms with Crippen molar-refractivity contribution in [2.75, 3.05) is 26.5 Å². The van der Waals surface area contributed by atoms with Gasteiger partial charge in [0.2, 0.25) is 5.91 Å². The fourth-order valence-electron chi connectivity index (χ4n) is 2.42. The van der Waals surface area contributed by atoms with E-state index in [0.717, 1.165) is 22.1 Å². The molecule has 6 heteroatoms. The Kier molecular flexibility index (Phi) is 8.65. The summed E-state index contributed by atoms with van der Waals surface area (Å²) in [6.45, 7) is 0.670. The minimum Gasteiger partial charge on any atom is -0.493 e. The molecule has 2 rings (SSSR count). The first-order chi connectivity index (χ1) is 12.6. The van der Waals surface area contributed by atoms with Crippen LogP contribution in [0.1, 0.15) is 17.5 Å². The average molecular weight is 394 g/mol. The molecule has 4 nitrogen and oxygen atoms in total. The van der Waals surface area contributed by atoms with E-state index in [0.29, 0.717) is 30.9 Å². The number of halogens is 1. The van der Waals surface area contributed by atoms with Gasteiger partial charge in [-0.05, 0) is 41.8 Å². The number of rotatable bonds is 10. The van der Waals surface area contributed by atoms with Crippen LogP contribution in [-0.4, -0.2) is 32.4 Å². The van der Waals surface area contributed by atoms with Crippen LogP contribution in [0.25, 0.3) is 0 Å². The predicted octanol–water partition coefficient (Wildman–Crippen LogP) is 4.34. The van der Waals surface area contributed by atoms with E-state index in [-0.39, 0.29) is 5.91 Å². The van der Waals surface area contributed by atoms with E-state index in [1.165, 1.54) is 5.56 Å². The molecule has 0 aliphatic rings. The number of benzene rings is 2. The van der Waals surface area contributed by atoms with Gasteiger partial charge in [0.25, 0.3) is 0 Å². The van der Waals surface area contributed by atoms with Crippen LogP contribution in [0, 0.1) is 0 Å². The van der Waals surface area contributed by atoms with E-state index in [4.69, 9.17) is 21.1 Å². The number of thioether (sulfide) groups is 1. The van der Waals surface area contributed by atoms with Gasteiger partial charge in [-0.15, -0.1) is 0 Å². The number of ether oxygens (including phenoxy) is 2. The molecule has 26 heavy (non-hydrogen) atoms. The maximum Gasteiger partial charge on any atom is 0.220 e. The third-order valence-electron chi connectivity index (χ3n) is 3.84. The molecule has 0 aromatic heterocycles. The van der Waals surface area contributed by atoms with Crippen molar-refractivity contribution in [1.82, 2.24) is 5.32 Å². The van der Waals surface area contributed by atoms with E-state index in [9.17, 15) is 4.79 Å². The first-order valence-corrected chi connectivity index (χ1v) is 9.95. The van der Waals surface area contributed by atoms with Crippen molar-refractivity contribution < 1.29 is 14.3 Å². The van der Waals surface area contributed by atoms with Crippen LogP contribution in [0.2, 0.25) is 5.02 Å². The Bertz CT molecular complexity index is 707. The second kappa shape index (κ2) is 11.0. The Morgan fingerprint density at radius 3 is 2.42 bits per heavy atom. The Morgan fingerprint density at radius 2 is 1.73 bits per heavy atom. The zero-order chi connectivity index (χ0) is 18.8. The van der Waals surface area contributed by atoms with Gasteiger partial charge in [0.15, 0.2) is 11.5 Å². The summed E-state index contributed by atoms with van der Waals surface area (Å²) in [6, 6.07) is 13.6. The standard InChI is InChI=1S/C20H24ClNO3S/c1-24-18-9-5-15(13-19(18)25-2)6-10-20(23)22-11-12-26-14-16-3-7-17(21)8-4-16/h3-5,7-9,13H,6,10-12,14H2,1-2H3,(H,22,23). The van der Waals surface area contributed by atoms with Crippen LogP contribution >= 0.6 is 23.4 Å². The van der Waals surface area contributed by atoms with Gasteiger partial charge in [0, 0.05) is 29.5 Å². The van der Waals surface area contributed by atoms with Crippen molar-refractivity contribution in [2.45, 2.75) is 18.6 Å². The molecule has 0 bridgehead atoms. The molecule has 0 radical (unpaired) electrons. The molecule has 2 aromatic rings. The van der Waals surface area contributed by atoms with Crippen LogP contribution in [0.5, 0.6) is 11.5 Å². The minimum absolute atomic E-state index is 0.0619. The second-order valence-corrected chi connectivity index (χ2v) is 7.26. The highest BCUT2D eigenvalue weighted by Crippen LogP contribution is 2.27. The zero-order valence-electron chi connectivity index (χ0n) is 15.1. The van der Waals surface area contributed by atoms with Gasteiger partial charge in [-0.1, -0.05) is 29.8 Å². The third-order valence-corrected chi connectivity index (χ3v) is 5.12. The fourth-order valence-corrected chi connectivity index (χ4v) is 3.36. The molecular weight excluding hydrogens is 370 g/mol. The first-order valence-electron chi connectivity index (χ1n) is 8.42. The Balaban J connectivity index is 1.63. The molecule has 0 atom stereocenters. The lowest BCUT2D eigenvalue weighted by atomic mass is 10.1. The van der Waals surface area contributed by atoms with Crippen LogP contribution in [0.4, 0.5) is 0 Å². The molecule has 0 aliphatic heterocycles. The summed E-state index contributed by atoms with van der Waals surface area (Å²) in [4.78, 5) is 12.0. The maximum atomic E-state index is 12.0. The van der Waals surface area contributed by atoms with Crippen molar-refractivity contribution >= 4 is 29.3 Å². The SMILES string of the molecule is COc1ccc(CCC(=O)NCCSCc2ccc(Cl)cc2)cc1OC. The van der Waals surface area contributed by atoms with Crippen LogP contribution in [0.15, 0.2) is 42.5 Å². The number of aryl methyl sites for hydroxylation is 1. The number of amides is 1. The van der Waals surface area contributed by atoms with Crippen molar-refractivity contribution in [3.8, 4) is 11.5 Å². The van der Waals surface area contributed by atoms with Gasteiger partial charge in [0.1, 0.15) is 0 Å². The molecule has 2 aromatic carbocycles. The van der Waals surface area contributed by atoms with Crippen LogP contribution < -0.4 is 14.8 Å². The number of methoxy groups -OCH3 is 2. The first kappa shape index (κ1) is 20.5. The fraction of sp³-hybridized carbons (Fsp3) is 0.350. The van der Waals surface area contributed by atoms with Crippen molar-refractivity contribution in [2.24, 2.45) is 0 Å². The summed E-state index contributed by atoms with van der Waals surface area (Å²) >= 11 is 7.66. The van der Waals surface area contributed by atoms with Crippen molar-refractivity contribution in [1.29, 1.82) is 0 Å². The number of hydrogen-bond acceptors (Lipinski definition) is 4. The lowest BCUT2D eigenvalue weighted by Gasteiger charge is -2.10. The monoisotopic (exact) mass is 393 g/mol. The molecule has 0 spiro atoms. The smallest absolute Gasteiger partial charge is 0.220 e. The molecule has 1 amide bonds. The summed E-state index contributed by atoms with van der Waals surface area (Å²) in [5.41, 5.74) is 2.29. The quantitative estimate of drug-likeness (QED) is 0.610. The van der Waals surface area contributed by atoms with Gasteiger partial charge in [-0.25, -0.2) is 0 Å². The normalized spacial score (nSPS) is 10.4. The highest BCUT2D eigenvalue weighted by molar-refractivity contribution is 7.98. The average Bonchev–Trinajstić information content (AvgIpc) is 2.67.